The van der Waals surface area contributed by atoms with Crippen molar-refractivity contribution >= 4 is 5.97 Å². The molecule has 116 valence electrons. The average Bonchev–Trinajstić information content (AvgIpc) is 2.84. The number of aliphatic carboxylic acids is 1. The predicted octanol–water partition coefficient (Wildman–Crippen LogP) is 3.56. The van der Waals surface area contributed by atoms with Crippen LogP contribution in [-0.4, -0.2) is 29.1 Å². The minimum atomic E-state index is -4.37. The van der Waals surface area contributed by atoms with Gasteiger partial charge in [0.1, 0.15) is 0 Å². The van der Waals surface area contributed by atoms with Gasteiger partial charge in [-0.15, -0.1) is 0 Å². The summed E-state index contributed by atoms with van der Waals surface area (Å²) in [6, 6.07) is 5.21. The molecule has 1 aromatic carbocycles. The zero-order valence-electron chi connectivity index (χ0n) is 11.7. The number of likely N-dealkylation sites (tertiary alicyclic amines) is 1. The van der Waals surface area contributed by atoms with Crippen molar-refractivity contribution in [2.24, 2.45) is 5.92 Å². The smallest absolute Gasteiger partial charge is 0.416 e. The molecule has 0 bridgehead atoms. The Morgan fingerprint density at radius 3 is 2.71 bits per heavy atom. The molecule has 0 amide bonds. The first kappa shape index (κ1) is 15.8. The summed E-state index contributed by atoms with van der Waals surface area (Å²) in [6.45, 7) is 2.90. The highest BCUT2D eigenvalue weighted by Gasteiger charge is 2.36. The molecule has 2 rings (SSSR count). The van der Waals surface area contributed by atoms with E-state index in [1.807, 2.05) is 4.90 Å². The molecular formula is C15H18F3NO2. The Kier molecular flexibility index (Phi) is 4.56. The second kappa shape index (κ2) is 6.05. The van der Waals surface area contributed by atoms with Crippen molar-refractivity contribution in [3.05, 3.63) is 35.4 Å². The summed E-state index contributed by atoms with van der Waals surface area (Å²) < 4.78 is 39.1. The van der Waals surface area contributed by atoms with Crippen molar-refractivity contribution in [2.75, 3.05) is 13.1 Å². The third-order valence-electron chi connectivity index (χ3n) is 4.04. The van der Waals surface area contributed by atoms with E-state index in [2.05, 4.69) is 0 Å². The number of carbonyl (C=O) groups is 1. The van der Waals surface area contributed by atoms with Crippen LogP contribution in [0.5, 0.6) is 0 Å². The largest absolute Gasteiger partial charge is 0.481 e. The molecule has 1 N–H and O–H groups in total. The van der Waals surface area contributed by atoms with Crippen molar-refractivity contribution in [3.63, 3.8) is 0 Å². The monoisotopic (exact) mass is 301 g/mol. The van der Waals surface area contributed by atoms with E-state index in [-0.39, 0.29) is 23.9 Å². The Labute approximate surface area is 121 Å². The van der Waals surface area contributed by atoms with Gasteiger partial charge >= 0.3 is 12.1 Å². The van der Waals surface area contributed by atoms with Crippen LogP contribution in [0.25, 0.3) is 0 Å². The topological polar surface area (TPSA) is 40.5 Å². The fourth-order valence-corrected chi connectivity index (χ4v) is 2.94. The standard InChI is InChI=1S/C15H18F3NO2/c1-10(19-7-6-11(9-19)8-14(20)21)12-4-2-3-5-13(12)15(16,17)18/h2-5,10-11H,6-9H2,1H3,(H,20,21). The molecule has 1 heterocycles. The van der Waals surface area contributed by atoms with E-state index < -0.39 is 17.7 Å². The Morgan fingerprint density at radius 2 is 2.10 bits per heavy atom. The lowest BCUT2D eigenvalue weighted by Gasteiger charge is -2.27. The second-order valence-corrected chi connectivity index (χ2v) is 5.51. The van der Waals surface area contributed by atoms with Gasteiger partial charge in [-0.1, -0.05) is 18.2 Å². The zero-order chi connectivity index (χ0) is 15.6. The summed E-state index contributed by atoms with van der Waals surface area (Å²) in [4.78, 5) is 12.6. The van der Waals surface area contributed by atoms with Crippen LogP contribution in [0.1, 0.15) is 36.9 Å². The summed E-state index contributed by atoms with van der Waals surface area (Å²) >= 11 is 0. The fraction of sp³-hybridized carbons (Fsp3) is 0.533. The molecule has 1 saturated heterocycles. The van der Waals surface area contributed by atoms with Crippen LogP contribution < -0.4 is 0 Å². The number of carboxylic acid groups (broad SMARTS) is 1. The molecule has 1 aliphatic rings. The van der Waals surface area contributed by atoms with Gasteiger partial charge in [0.2, 0.25) is 0 Å². The highest BCUT2D eigenvalue weighted by molar-refractivity contribution is 5.67. The van der Waals surface area contributed by atoms with Gasteiger partial charge in [-0.05, 0) is 37.4 Å². The SMILES string of the molecule is CC(c1ccccc1C(F)(F)F)N1CCC(CC(=O)O)C1. The minimum Gasteiger partial charge on any atom is -0.481 e. The number of hydrogen-bond donors (Lipinski definition) is 1. The van der Waals surface area contributed by atoms with Crippen molar-refractivity contribution < 1.29 is 23.1 Å². The molecule has 2 unspecified atom stereocenters. The number of hydrogen-bond acceptors (Lipinski definition) is 2. The van der Waals surface area contributed by atoms with Gasteiger partial charge < -0.3 is 5.11 Å². The molecule has 0 saturated carbocycles. The third kappa shape index (κ3) is 3.75. The van der Waals surface area contributed by atoms with E-state index in [4.69, 9.17) is 5.11 Å². The van der Waals surface area contributed by atoms with Crippen molar-refractivity contribution in [1.29, 1.82) is 0 Å². The first-order valence-corrected chi connectivity index (χ1v) is 6.91. The number of carboxylic acids is 1. The van der Waals surface area contributed by atoms with Crippen LogP contribution in [0.2, 0.25) is 0 Å². The Balaban J connectivity index is 2.15. The highest BCUT2D eigenvalue weighted by atomic mass is 19.4. The van der Waals surface area contributed by atoms with E-state index in [9.17, 15) is 18.0 Å². The molecule has 0 spiro atoms. The van der Waals surface area contributed by atoms with Gasteiger partial charge in [0.25, 0.3) is 0 Å². The van der Waals surface area contributed by atoms with Gasteiger partial charge in [-0.3, -0.25) is 9.69 Å². The maximum absolute atomic E-state index is 13.0. The lowest BCUT2D eigenvalue weighted by molar-refractivity contribution is -0.139. The second-order valence-electron chi connectivity index (χ2n) is 5.51. The van der Waals surface area contributed by atoms with E-state index in [0.29, 0.717) is 19.5 Å². The van der Waals surface area contributed by atoms with Crippen molar-refractivity contribution in [1.82, 2.24) is 4.90 Å². The first-order valence-electron chi connectivity index (χ1n) is 6.91. The molecule has 1 fully saturated rings. The molecular weight excluding hydrogens is 283 g/mol. The quantitative estimate of drug-likeness (QED) is 0.924. The normalized spacial score (nSPS) is 21.4. The number of benzene rings is 1. The summed E-state index contributed by atoms with van der Waals surface area (Å²) in [5.74, 6) is -0.840. The van der Waals surface area contributed by atoms with Crippen molar-refractivity contribution in [3.8, 4) is 0 Å². The third-order valence-corrected chi connectivity index (χ3v) is 4.04. The van der Waals surface area contributed by atoms with E-state index in [0.717, 1.165) is 6.07 Å². The summed E-state index contributed by atoms with van der Waals surface area (Å²) in [6.07, 6.45) is -3.58. The number of alkyl halides is 3. The molecule has 0 radical (unpaired) electrons. The molecule has 1 aliphatic heterocycles. The Bertz CT molecular complexity index is 516. The summed E-state index contributed by atoms with van der Waals surface area (Å²) in [7, 11) is 0. The van der Waals surface area contributed by atoms with Gasteiger partial charge in [-0.25, -0.2) is 0 Å². The van der Waals surface area contributed by atoms with Crippen LogP contribution in [0, 0.1) is 5.92 Å². The lowest BCUT2D eigenvalue weighted by Crippen LogP contribution is -2.27. The Morgan fingerprint density at radius 1 is 1.43 bits per heavy atom. The molecule has 0 aliphatic carbocycles. The van der Waals surface area contributed by atoms with Gasteiger partial charge in [-0.2, -0.15) is 13.2 Å². The van der Waals surface area contributed by atoms with Crippen molar-refractivity contribution in [2.45, 2.75) is 32.0 Å². The maximum atomic E-state index is 13.0. The van der Waals surface area contributed by atoms with Crippen LogP contribution in [0.3, 0.4) is 0 Å². The van der Waals surface area contributed by atoms with E-state index >= 15 is 0 Å². The molecule has 1 aromatic rings. The highest BCUT2D eigenvalue weighted by Crippen LogP contribution is 2.37. The average molecular weight is 301 g/mol. The van der Waals surface area contributed by atoms with Crippen LogP contribution in [-0.2, 0) is 11.0 Å². The number of rotatable bonds is 4. The van der Waals surface area contributed by atoms with Gasteiger partial charge in [0.05, 0.1) is 5.56 Å². The lowest BCUT2D eigenvalue weighted by atomic mass is 10.00. The van der Waals surface area contributed by atoms with E-state index in [1.54, 1.807) is 13.0 Å². The molecule has 0 aromatic heterocycles. The van der Waals surface area contributed by atoms with Crippen LogP contribution in [0.4, 0.5) is 13.2 Å². The van der Waals surface area contributed by atoms with Gasteiger partial charge in [0, 0.05) is 19.0 Å². The van der Waals surface area contributed by atoms with Gasteiger partial charge in [0.15, 0.2) is 0 Å². The summed E-state index contributed by atoms with van der Waals surface area (Å²) in [5.41, 5.74) is -0.361. The number of halogens is 3. The van der Waals surface area contributed by atoms with E-state index in [1.165, 1.54) is 12.1 Å². The predicted molar refractivity (Wildman–Crippen MR) is 71.8 cm³/mol. The molecule has 21 heavy (non-hydrogen) atoms. The number of nitrogens with zero attached hydrogens (tertiary/aromatic N) is 1. The zero-order valence-corrected chi connectivity index (χ0v) is 11.7. The minimum absolute atomic E-state index is 0.0167. The fourth-order valence-electron chi connectivity index (χ4n) is 2.94. The Hall–Kier alpha value is -1.56. The first-order chi connectivity index (χ1) is 9.79. The summed E-state index contributed by atoms with van der Waals surface area (Å²) in [5, 5.41) is 8.80. The van der Waals surface area contributed by atoms with Crippen LogP contribution in [0.15, 0.2) is 24.3 Å². The molecule has 6 heteroatoms. The van der Waals surface area contributed by atoms with Crippen LogP contribution >= 0.6 is 0 Å². The molecule has 3 nitrogen and oxygen atoms in total. The molecule has 2 atom stereocenters. The maximum Gasteiger partial charge on any atom is 0.416 e.